The maximum absolute atomic E-state index is 13.8. The molecule has 0 spiro atoms. The van der Waals surface area contributed by atoms with E-state index in [1.54, 1.807) is 25.1 Å². The van der Waals surface area contributed by atoms with Gasteiger partial charge in [-0.2, -0.15) is 0 Å². The summed E-state index contributed by atoms with van der Waals surface area (Å²) in [6.45, 7) is 1.64. The van der Waals surface area contributed by atoms with Crippen molar-refractivity contribution in [3.05, 3.63) is 56.7 Å². The van der Waals surface area contributed by atoms with Gasteiger partial charge in [0.2, 0.25) is 10.0 Å². The molecule has 23 heavy (non-hydrogen) atoms. The average Bonchev–Trinajstić information content (AvgIpc) is 2.49. The first-order valence-electron chi connectivity index (χ1n) is 6.55. The summed E-state index contributed by atoms with van der Waals surface area (Å²) in [5.41, 5.74) is 0.498. The quantitative estimate of drug-likeness (QED) is 0.710. The van der Waals surface area contributed by atoms with E-state index in [-0.39, 0.29) is 10.6 Å². The van der Waals surface area contributed by atoms with Gasteiger partial charge in [0, 0.05) is 15.0 Å². The van der Waals surface area contributed by atoms with Crippen molar-refractivity contribution in [3.63, 3.8) is 0 Å². The zero-order valence-corrected chi connectivity index (χ0v) is 16.3. The second kappa shape index (κ2) is 7.29. The van der Waals surface area contributed by atoms with E-state index >= 15 is 0 Å². The number of hydrogen-bond acceptors (Lipinski definition) is 3. The lowest BCUT2D eigenvalue weighted by Crippen LogP contribution is -2.27. The molecule has 0 aliphatic carbocycles. The lowest BCUT2D eigenvalue weighted by atomic mass is 10.1. The van der Waals surface area contributed by atoms with Crippen LogP contribution in [-0.2, 0) is 10.0 Å². The van der Waals surface area contributed by atoms with Crippen LogP contribution < -0.4 is 9.46 Å². The van der Waals surface area contributed by atoms with Crippen molar-refractivity contribution in [1.82, 2.24) is 4.72 Å². The van der Waals surface area contributed by atoms with Crippen LogP contribution in [-0.4, -0.2) is 15.5 Å². The molecule has 2 aromatic rings. The van der Waals surface area contributed by atoms with Gasteiger partial charge in [-0.25, -0.2) is 17.5 Å². The minimum absolute atomic E-state index is 0.104. The zero-order valence-electron chi connectivity index (χ0n) is 12.3. The fourth-order valence-corrected chi connectivity index (χ4v) is 4.73. The topological polar surface area (TPSA) is 55.4 Å². The highest BCUT2D eigenvalue weighted by atomic mass is 79.9. The maximum Gasteiger partial charge on any atom is 0.242 e. The molecule has 0 amide bonds. The summed E-state index contributed by atoms with van der Waals surface area (Å²) >= 11 is 6.48. The summed E-state index contributed by atoms with van der Waals surface area (Å²) in [7, 11) is -2.40. The van der Waals surface area contributed by atoms with E-state index in [4.69, 9.17) is 4.74 Å². The fourth-order valence-electron chi connectivity index (χ4n) is 2.00. The van der Waals surface area contributed by atoms with Gasteiger partial charge in [0.1, 0.15) is 0 Å². The second-order valence-electron chi connectivity index (χ2n) is 4.81. The van der Waals surface area contributed by atoms with Crippen LogP contribution in [0.4, 0.5) is 4.39 Å². The Morgan fingerprint density at radius 3 is 2.48 bits per heavy atom. The van der Waals surface area contributed by atoms with Crippen LogP contribution in [0, 0.1) is 5.82 Å². The van der Waals surface area contributed by atoms with Crippen LogP contribution in [0.2, 0.25) is 0 Å². The van der Waals surface area contributed by atoms with E-state index in [1.165, 1.54) is 25.3 Å². The molecule has 0 aromatic heterocycles. The monoisotopic (exact) mass is 465 g/mol. The number of sulfonamides is 1. The Kier molecular flexibility index (Phi) is 5.83. The minimum atomic E-state index is -3.77. The third-order valence-electron chi connectivity index (χ3n) is 3.19. The summed E-state index contributed by atoms with van der Waals surface area (Å²) in [5, 5.41) is 0. The average molecular weight is 467 g/mol. The summed E-state index contributed by atoms with van der Waals surface area (Å²) in [6.07, 6.45) is 0. The van der Waals surface area contributed by atoms with Crippen LogP contribution in [0.1, 0.15) is 18.5 Å². The van der Waals surface area contributed by atoms with Crippen LogP contribution in [0.25, 0.3) is 0 Å². The van der Waals surface area contributed by atoms with Crippen molar-refractivity contribution in [2.75, 3.05) is 7.11 Å². The molecule has 1 N–H and O–H groups in total. The lowest BCUT2D eigenvalue weighted by molar-refractivity contribution is 0.386. The van der Waals surface area contributed by atoms with Crippen LogP contribution in [0.5, 0.6) is 5.75 Å². The van der Waals surface area contributed by atoms with E-state index in [0.717, 1.165) is 0 Å². The van der Waals surface area contributed by atoms with E-state index in [1.807, 2.05) is 0 Å². The summed E-state index contributed by atoms with van der Waals surface area (Å²) in [5.74, 6) is -0.432. The Morgan fingerprint density at radius 2 is 1.87 bits per heavy atom. The SMILES string of the molecule is COc1ccc([C@@H](C)NS(=O)(=O)c2cc(Br)ccc2Br)cc1F. The molecule has 0 unspecified atom stereocenters. The largest absolute Gasteiger partial charge is 0.494 e. The van der Waals surface area contributed by atoms with E-state index < -0.39 is 21.9 Å². The molecule has 0 aliphatic rings. The van der Waals surface area contributed by atoms with Gasteiger partial charge in [-0.1, -0.05) is 22.0 Å². The number of halogens is 3. The molecule has 0 fully saturated rings. The van der Waals surface area contributed by atoms with Crippen molar-refractivity contribution < 1.29 is 17.5 Å². The number of hydrogen-bond donors (Lipinski definition) is 1. The van der Waals surface area contributed by atoms with Gasteiger partial charge in [0.25, 0.3) is 0 Å². The highest BCUT2D eigenvalue weighted by Crippen LogP contribution is 2.28. The molecule has 1 atom stereocenters. The van der Waals surface area contributed by atoms with E-state index in [0.29, 0.717) is 14.5 Å². The van der Waals surface area contributed by atoms with Crippen LogP contribution in [0.3, 0.4) is 0 Å². The Morgan fingerprint density at radius 1 is 1.17 bits per heavy atom. The van der Waals surface area contributed by atoms with E-state index in [2.05, 4.69) is 36.6 Å². The molecule has 0 saturated carbocycles. The predicted molar refractivity (Wildman–Crippen MR) is 93.5 cm³/mol. The third kappa shape index (κ3) is 4.32. The van der Waals surface area contributed by atoms with Gasteiger partial charge >= 0.3 is 0 Å². The van der Waals surface area contributed by atoms with Crippen molar-refractivity contribution in [1.29, 1.82) is 0 Å². The highest BCUT2D eigenvalue weighted by molar-refractivity contribution is 9.11. The first kappa shape index (κ1) is 18.4. The minimum Gasteiger partial charge on any atom is -0.494 e. The Balaban J connectivity index is 2.29. The molecule has 0 radical (unpaired) electrons. The summed E-state index contributed by atoms with van der Waals surface area (Å²) in [4.78, 5) is 0.104. The summed E-state index contributed by atoms with van der Waals surface area (Å²) in [6, 6.07) is 8.58. The number of nitrogens with one attached hydrogen (secondary N) is 1. The van der Waals surface area contributed by atoms with E-state index in [9.17, 15) is 12.8 Å². The van der Waals surface area contributed by atoms with Gasteiger partial charge in [-0.3, -0.25) is 0 Å². The molecule has 0 saturated heterocycles. The molecule has 0 bridgehead atoms. The molecule has 0 aliphatic heterocycles. The zero-order chi connectivity index (χ0) is 17.2. The van der Waals surface area contributed by atoms with Gasteiger partial charge < -0.3 is 4.74 Å². The molecule has 2 aromatic carbocycles. The number of ether oxygens (including phenoxy) is 1. The number of methoxy groups -OCH3 is 1. The summed E-state index contributed by atoms with van der Waals surface area (Å²) < 4.78 is 47.3. The maximum atomic E-state index is 13.8. The lowest BCUT2D eigenvalue weighted by Gasteiger charge is -2.16. The normalized spacial score (nSPS) is 12.9. The Bertz CT molecular complexity index is 827. The molecule has 124 valence electrons. The first-order valence-corrected chi connectivity index (χ1v) is 9.62. The molecule has 0 heterocycles. The van der Waals surface area contributed by atoms with Gasteiger partial charge in [-0.15, -0.1) is 0 Å². The van der Waals surface area contributed by atoms with Crippen molar-refractivity contribution in [2.45, 2.75) is 17.9 Å². The van der Waals surface area contributed by atoms with Gasteiger partial charge in [-0.05, 0) is 58.7 Å². The van der Waals surface area contributed by atoms with Gasteiger partial charge in [0.05, 0.1) is 12.0 Å². The van der Waals surface area contributed by atoms with Crippen molar-refractivity contribution in [3.8, 4) is 5.75 Å². The van der Waals surface area contributed by atoms with Crippen molar-refractivity contribution in [2.24, 2.45) is 0 Å². The number of benzene rings is 2. The van der Waals surface area contributed by atoms with Gasteiger partial charge in [0.15, 0.2) is 11.6 Å². The smallest absolute Gasteiger partial charge is 0.242 e. The van der Waals surface area contributed by atoms with Crippen LogP contribution >= 0.6 is 31.9 Å². The highest BCUT2D eigenvalue weighted by Gasteiger charge is 2.22. The molecule has 4 nitrogen and oxygen atoms in total. The molecular weight excluding hydrogens is 453 g/mol. The molecule has 8 heteroatoms. The molecule has 2 rings (SSSR count). The Hall–Kier alpha value is -0.960. The first-order chi connectivity index (χ1) is 10.7. The number of rotatable bonds is 5. The van der Waals surface area contributed by atoms with Crippen molar-refractivity contribution >= 4 is 41.9 Å². The molecular formula is C15H14Br2FNO3S. The van der Waals surface area contributed by atoms with Crippen LogP contribution in [0.15, 0.2) is 50.2 Å². The Labute approximate surface area is 151 Å². The fraction of sp³-hybridized carbons (Fsp3) is 0.200. The third-order valence-corrected chi connectivity index (χ3v) is 6.22. The standard InChI is InChI=1S/C15H14Br2FNO3S/c1-9(10-3-6-14(22-2)13(18)7-10)19-23(20,21)15-8-11(16)4-5-12(15)17/h3-9,19H,1-2H3/t9-/m1/s1. The second-order valence-corrected chi connectivity index (χ2v) is 8.26. The predicted octanol–water partition coefficient (Wildman–Crippen LogP) is 4.40.